The quantitative estimate of drug-likeness (QED) is 0.646. The number of aromatic nitrogens is 2. The summed E-state index contributed by atoms with van der Waals surface area (Å²) in [6.45, 7) is 4.66. The second-order valence-corrected chi connectivity index (χ2v) is 6.80. The van der Waals surface area contributed by atoms with Gasteiger partial charge in [-0.15, -0.1) is 0 Å². The highest BCUT2D eigenvalue weighted by Crippen LogP contribution is 2.20. The van der Waals surface area contributed by atoms with Crippen molar-refractivity contribution in [3.05, 3.63) is 54.2 Å². The molecule has 1 aromatic heterocycles. The van der Waals surface area contributed by atoms with Crippen LogP contribution < -0.4 is 10.2 Å². The van der Waals surface area contributed by atoms with Gasteiger partial charge in [-0.3, -0.25) is 9.89 Å². The monoisotopic (exact) mass is 394 g/mol. The van der Waals surface area contributed by atoms with Crippen LogP contribution >= 0.6 is 0 Å². The van der Waals surface area contributed by atoms with Crippen molar-refractivity contribution in [3.63, 3.8) is 0 Å². The minimum absolute atomic E-state index is 0.162. The fourth-order valence-corrected chi connectivity index (χ4v) is 3.21. The van der Waals surface area contributed by atoms with Gasteiger partial charge in [0.1, 0.15) is 0 Å². The first kappa shape index (κ1) is 18.9. The lowest BCUT2D eigenvalue weighted by Crippen LogP contribution is -2.36. The fourth-order valence-electron chi connectivity index (χ4n) is 3.21. The SMILES string of the molecule is C[C@H](OC(=O)c1n[nH]c2ccccc12)C(=O)Nc1ccc(N2CCOCC2)cc1. The van der Waals surface area contributed by atoms with E-state index in [1.165, 1.54) is 6.92 Å². The topological polar surface area (TPSA) is 96.5 Å². The van der Waals surface area contributed by atoms with Gasteiger partial charge >= 0.3 is 5.97 Å². The number of nitrogens with zero attached hydrogens (tertiary/aromatic N) is 2. The molecule has 1 aliphatic rings. The number of fused-ring (bicyclic) bond motifs is 1. The van der Waals surface area contributed by atoms with Crippen LogP contribution in [-0.2, 0) is 14.3 Å². The fraction of sp³-hybridized carbons (Fsp3) is 0.286. The molecule has 0 radical (unpaired) electrons. The molecule has 1 amide bonds. The largest absolute Gasteiger partial charge is 0.448 e. The van der Waals surface area contributed by atoms with Crippen LogP contribution in [0.15, 0.2) is 48.5 Å². The molecule has 2 aromatic carbocycles. The third-order valence-electron chi connectivity index (χ3n) is 4.83. The zero-order valence-corrected chi connectivity index (χ0v) is 16.1. The molecule has 2 N–H and O–H groups in total. The smallest absolute Gasteiger partial charge is 0.360 e. The Morgan fingerprint density at radius 1 is 1.14 bits per heavy atom. The third-order valence-corrected chi connectivity index (χ3v) is 4.83. The summed E-state index contributed by atoms with van der Waals surface area (Å²) in [7, 11) is 0. The first-order chi connectivity index (χ1) is 14.1. The number of amides is 1. The summed E-state index contributed by atoms with van der Waals surface area (Å²) in [6.07, 6.45) is -0.961. The number of para-hydroxylation sites is 1. The van der Waals surface area contributed by atoms with Crippen LogP contribution in [0.25, 0.3) is 10.9 Å². The van der Waals surface area contributed by atoms with E-state index in [9.17, 15) is 9.59 Å². The predicted molar refractivity (Wildman–Crippen MR) is 109 cm³/mol. The van der Waals surface area contributed by atoms with E-state index in [1.807, 2.05) is 42.5 Å². The van der Waals surface area contributed by atoms with Gasteiger partial charge in [0, 0.05) is 29.9 Å². The average Bonchev–Trinajstić information content (AvgIpc) is 3.19. The number of morpholine rings is 1. The van der Waals surface area contributed by atoms with Crippen LogP contribution in [0.5, 0.6) is 0 Å². The molecule has 4 rings (SSSR count). The van der Waals surface area contributed by atoms with Crippen molar-refractivity contribution in [1.82, 2.24) is 10.2 Å². The van der Waals surface area contributed by atoms with Crippen molar-refractivity contribution in [2.75, 3.05) is 36.5 Å². The Morgan fingerprint density at radius 2 is 1.86 bits per heavy atom. The standard InChI is InChI=1S/C21H22N4O4/c1-14(29-21(27)19-17-4-2-3-5-18(17)23-24-19)20(26)22-15-6-8-16(9-7-15)25-10-12-28-13-11-25/h2-9,14H,10-13H2,1H3,(H,22,26)(H,23,24)/t14-/m0/s1. The Morgan fingerprint density at radius 3 is 2.62 bits per heavy atom. The van der Waals surface area contributed by atoms with Crippen LogP contribution in [0.1, 0.15) is 17.4 Å². The molecular formula is C21H22N4O4. The van der Waals surface area contributed by atoms with Crippen molar-refractivity contribution in [2.45, 2.75) is 13.0 Å². The van der Waals surface area contributed by atoms with E-state index in [0.717, 1.165) is 24.3 Å². The van der Waals surface area contributed by atoms with Crippen LogP contribution in [0.3, 0.4) is 0 Å². The van der Waals surface area contributed by atoms with E-state index in [1.54, 1.807) is 6.07 Å². The van der Waals surface area contributed by atoms with Crippen molar-refractivity contribution in [2.24, 2.45) is 0 Å². The third kappa shape index (κ3) is 4.22. The van der Waals surface area contributed by atoms with Crippen molar-refractivity contribution in [1.29, 1.82) is 0 Å². The minimum Gasteiger partial charge on any atom is -0.448 e. The minimum atomic E-state index is -0.961. The summed E-state index contributed by atoms with van der Waals surface area (Å²) in [5, 5.41) is 10.2. The van der Waals surface area contributed by atoms with Gasteiger partial charge in [0.15, 0.2) is 11.8 Å². The first-order valence-corrected chi connectivity index (χ1v) is 9.49. The number of benzene rings is 2. The molecule has 1 saturated heterocycles. The highest BCUT2D eigenvalue weighted by Gasteiger charge is 2.22. The predicted octanol–water partition coefficient (Wildman–Crippen LogP) is 2.58. The maximum Gasteiger partial charge on any atom is 0.360 e. The molecule has 0 unspecified atom stereocenters. The first-order valence-electron chi connectivity index (χ1n) is 9.49. The molecule has 0 bridgehead atoms. The summed E-state index contributed by atoms with van der Waals surface area (Å²) in [5.74, 6) is -1.05. The molecule has 1 atom stereocenters. The van der Waals surface area contributed by atoms with E-state index in [2.05, 4.69) is 20.4 Å². The average molecular weight is 394 g/mol. The molecule has 8 heteroatoms. The number of hydrogen-bond donors (Lipinski definition) is 2. The molecule has 8 nitrogen and oxygen atoms in total. The summed E-state index contributed by atoms with van der Waals surface area (Å²) >= 11 is 0. The van der Waals surface area contributed by atoms with E-state index in [4.69, 9.17) is 9.47 Å². The Labute approximate surface area is 167 Å². The van der Waals surface area contributed by atoms with Gasteiger partial charge in [0.05, 0.1) is 18.7 Å². The van der Waals surface area contributed by atoms with Crippen molar-refractivity contribution in [3.8, 4) is 0 Å². The van der Waals surface area contributed by atoms with Crippen molar-refractivity contribution >= 4 is 34.2 Å². The second kappa shape index (κ2) is 8.32. The Hall–Kier alpha value is -3.39. The van der Waals surface area contributed by atoms with E-state index in [0.29, 0.717) is 24.3 Å². The second-order valence-electron chi connectivity index (χ2n) is 6.80. The lowest BCUT2D eigenvalue weighted by Gasteiger charge is -2.28. The number of nitrogens with one attached hydrogen (secondary N) is 2. The number of anilines is 2. The zero-order chi connectivity index (χ0) is 20.2. The van der Waals surface area contributed by atoms with Gasteiger partial charge in [-0.05, 0) is 37.3 Å². The maximum atomic E-state index is 12.4. The van der Waals surface area contributed by atoms with Crippen LogP contribution in [-0.4, -0.2) is 54.5 Å². The number of esters is 1. The summed E-state index contributed by atoms with van der Waals surface area (Å²) in [4.78, 5) is 27.1. The van der Waals surface area contributed by atoms with E-state index in [-0.39, 0.29) is 5.69 Å². The van der Waals surface area contributed by atoms with E-state index >= 15 is 0 Å². The lowest BCUT2D eigenvalue weighted by molar-refractivity contribution is -0.123. The number of aromatic amines is 1. The van der Waals surface area contributed by atoms with Gasteiger partial charge in [-0.25, -0.2) is 4.79 Å². The van der Waals surface area contributed by atoms with Crippen LogP contribution in [0.4, 0.5) is 11.4 Å². The van der Waals surface area contributed by atoms with Gasteiger partial charge < -0.3 is 19.7 Å². The maximum absolute atomic E-state index is 12.4. The van der Waals surface area contributed by atoms with E-state index < -0.39 is 18.0 Å². The highest BCUT2D eigenvalue weighted by atomic mass is 16.5. The normalized spacial score (nSPS) is 15.1. The lowest BCUT2D eigenvalue weighted by atomic mass is 10.2. The molecule has 0 aliphatic carbocycles. The number of carbonyl (C=O) groups excluding carboxylic acids is 2. The Kier molecular flexibility index (Phi) is 5.44. The van der Waals surface area contributed by atoms with Gasteiger partial charge in [0.2, 0.25) is 0 Å². The number of ether oxygens (including phenoxy) is 2. The molecule has 29 heavy (non-hydrogen) atoms. The summed E-state index contributed by atoms with van der Waals surface area (Å²) < 4.78 is 10.7. The number of H-pyrrole nitrogens is 1. The molecule has 3 aromatic rings. The summed E-state index contributed by atoms with van der Waals surface area (Å²) in [6, 6.07) is 14.8. The Balaban J connectivity index is 1.36. The molecule has 1 aliphatic heterocycles. The molecule has 150 valence electrons. The molecule has 2 heterocycles. The van der Waals surface area contributed by atoms with Gasteiger partial charge in [0.25, 0.3) is 5.91 Å². The summed E-state index contributed by atoms with van der Waals surface area (Å²) in [5.41, 5.74) is 2.61. The number of hydrogen-bond acceptors (Lipinski definition) is 6. The molecule has 0 saturated carbocycles. The molecule has 0 spiro atoms. The van der Waals surface area contributed by atoms with Crippen LogP contribution in [0, 0.1) is 0 Å². The molecule has 1 fully saturated rings. The number of carbonyl (C=O) groups is 2. The molecular weight excluding hydrogens is 372 g/mol. The highest BCUT2D eigenvalue weighted by molar-refractivity contribution is 6.03. The van der Waals surface area contributed by atoms with Crippen LogP contribution in [0.2, 0.25) is 0 Å². The van der Waals surface area contributed by atoms with Gasteiger partial charge in [-0.1, -0.05) is 18.2 Å². The van der Waals surface area contributed by atoms with Gasteiger partial charge in [-0.2, -0.15) is 5.10 Å². The number of rotatable bonds is 5. The Bertz CT molecular complexity index is 1010. The van der Waals surface area contributed by atoms with Crippen molar-refractivity contribution < 1.29 is 19.1 Å². The zero-order valence-electron chi connectivity index (χ0n) is 16.1.